The average Bonchev–Trinajstić information content (AvgIpc) is 2.51. The summed E-state index contributed by atoms with van der Waals surface area (Å²) in [7, 11) is 0. The second kappa shape index (κ2) is 4.97. The van der Waals surface area contributed by atoms with Crippen molar-refractivity contribution < 1.29 is 4.42 Å². The Hall–Kier alpha value is -0.900. The third-order valence-corrected chi connectivity index (χ3v) is 2.03. The highest BCUT2D eigenvalue weighted by molar-refractivity contribution is 4.77. The normalized spacial score (nSPS) is 13.2. The lowest BCUT2D eigenvalue weighted by atomic mass is 10.1. The highest BCUT2D eigenvalue weighted by atomic mass is 16.4. The van der Waals surface area contributed by atoms with Crippen LogP contribution in [-0.2, 0) is 6.54 Å². The zero-order chi connectivity index (χ0) is 9.68. The zero-order valence-electron chi connectivity index (χ0n) is 8.50. The van der Waals surface area contributed by atoms with Crippen LogP contribution in [0.1, 0.15) is 32.0 Å². The van der Waals surface area contributed by atoms with E-state index in [1.165, 1.54) is 6.42 Å². The Morgan fingerprint density at radius 2 is 2.23 bits per heavy atom. The van der Waals surface area contributed by atoms with Gasteiger partial charge in [0.25, 0.3) is 0 Å². The highest BCUT2D eigenvalue weighted by Crippen LogP contribution is 2.00. The second-order valence-electron chi connectivity index (χ2n) is 3.36. The van der Waals surface area contributed by atoms with Gasteiger partial charge >= 0.3 is 0 Å². The minimum absolute atomic E-state index is 0.625. The Labute approximate surface area is 78.7 Å². The van der Waals surface area contributed by atoms with Gasteiger partial charge in [0, 0.05) is 6.92 Å². The molecule has 1 unspecified atom stereocenters. The standard InChI is InChI=1S/C9H17N3O/c1-4-7(2)5-10-6-9-12-11-8(3)13-9/h7,10H,4-6H2,1-3H3. The van der Waals surface area contributed by atoms with Crippen molar-refractivity contribution in [3.8, 4) is 0 Å². The Bertz CT molecular complexity index is 247. The molecule has 1 N–H and O–H groups in total. The van der Waals surface area contributed by atoms with E-state index in [-0.39, 0.29) is 0 Å². The SMILES string of the molecule is CCC(C)CNCc1nnc(C)o1. The van der Waals surface area contributed by atoms with Crippen LogP contribution in [0.15, 0.2) is 4.42 Å². The van der Waals surface area contributed by atoms with Gasteiger partial charge in [-0.1, -0.05) is 20.3 Å². The monoisotopic (exact) mass is 183 g/mol. The van der Waals surface area contributed by atoms with Crippen molar-refractivity contribution in [1.82, 2.24) is 15.5 Å². The van der Waals surface area contributed by atoms with Gasteiger partial charge in [0.2, 0.25) is 11.8 Å². The Balaban J connectivity index is 2.20. The molecule has 1 aromatic rings. The van der Waals surface area contributed by atoms with Gasteiger partial charge in [-0.2, -0.15) is 0 Å². The quantitative estimate of drug-likeness (QED) is 0.751. The maximum absolute atomic E-state index is 5.21. The van der Waals surface area contributed by atoms with Gasteiger partial charge in [-0.25, -0.2) is 0 Å². The van der Waals surface area contributed by atoms with E-state index in [4.69, 9.17) is 4.42 Å². The van der Waals surface area contributed by atoms with Crippen LogP contribution in [0.4, 0.5) is 0 Å². The molecule has 0 bridgehead atoms. The van der Waals surface area contributed by atoms with E-state index in [1.54, 1.807) is 6.92 Å². The number of hydrogen-bond donors (Lipinski definition) is 1. The van der Waals surface area contributed by atoms with Gasteiger partial charge in [0.15, 0.2) is 0 Å². The summed E-state index contributed by atoms with van der Waals surface area (Å²) in [5.74, 6) is 1.99. The van der Waals surface area contributed by atoms with Crippen LogP contribution < -0.4 is 5.32 Å². The molecule has 4 heteroatoms. The molecule has 0 saturated carbocycles. The number of nitrogens with one attached hydrogen (secondary N) is 1. The molecule has 1 heterocycles. The van der Waals surface area contributed by atoms with Gasteiger partial charge in [0.05, 0.1) is 6.54 Å². The van der Waals surface area contributed by atoms with Crippen molar-refractivity contribution >= 4 is 0 Å². The predicted octanol–water partition coefficient (Wildman–Crippen LogP) is 1.51. The fourth-order valence-corrected chi connectivity index (χ4v) is 0.979. The van der Waals surface area contributed by atoms with Gasteiger partial charge in [-0.15, -0.1) is 10.2 Å². The second-order valence-corrected chi connectivity index (χ2v) is 3.36. The van der Waals surface area contributed by atoms with Gasteiger partial charge in [-0.05, 0) is 12.5 Å². The first-order valence-electron chi connectivity index (χ1n) is 4.72. The Morgan fingerprint density at radius 3 is 2.77 bits per heavy atom. The summed E-state index contributed by atoms with van der Waals surface area (Å²) < 4.78 is 5.21. The molecular formula is C9H17N3O. The third-order valence-electron chi connectivity index (χ3n) is 2.03. The molecule has 74 valence electrons. The highest BCUT2D eigenvalue weighted by Gasteiger charge is 2.02. The summed E-state index contributed by atoms with van der Waals surface area (Å²) >= 11 is 0. The van der Waals surface area contributed by atoms with Gasteiger partial charge < -0.3 is 9.73 Å². The third kappa shape index (κ3) is 3.55. The number of aryl methyl sites for hydroxylation is 1. The molecule has 0 saturated heterocycles. The minimum Gasteiger partial charge on any atom is -0.424 e. The zero-order valence-corrected chi connectivity index (χ0v) is 8.50. The first kappa shape index (κ1) is 10.2. The Morgan fingerprint density at radius 1 is 1.46 bits per heavy atom. The van der Waals surface area contributed by atoms with Crippen molar-refractivity contribution in [2.75, 3.05) is 6.54 Å². The number of nitrogens with zero attached hydrogens (tertiary/aromatic N) is 2. The molecule has 1 aromatic heterocycles. The van der Waals surface area contributed by atoms with E-state index in [1.807, 2.05) is 0 Å². The van der Waals surface area contributed by atoms with Crippen molar-refractivity contribution in [2.24, 2.45) is 5.92 Å². The molecule has 0 spiro atoms. The van der Waals surface area contributed by atoms with Crippen LogP contribution in [0.3, 0.4) is 0 Å². The molecule has 1 atom stereocenters. The number of rotatable bonds is 5. The Kier molecular flexibility index (Phi) is 3.89. The van der Waals surface area contributed by atoms with E-state index >= 15 is 0 Å². The van der Waals surface area contributed by atoms with Crippen molar-refractivity contribution in [2.45, 2.75) is 33.7 Å². The minimum atomic E-state index is 0.625. The van der Waals surface area contributed by atoms with Crippen LogP contribution >= 0.6 is 0 Å². The fourth-order valence-electron chi connectivity index (χ4n) is 0.979. The molecule has 13 heavy (non-hydrogen) atoms. The smallest absolute Gasteiger partial charge is 0.230 e. The molecule has 0 aromatic carbocycles. The lowest BCUT2D eigenvalue weighted by molar-refractivity contribution is 0.425. The fraction of sp³-hybridized carbons (Fsp3) is 0.778. The summed E-state index contributed by atoms with van der Waals surface area (Å²) in [6.07, 6.45) is 1.19. The molecule has 4 nitrogen and oxygen atoms in total. The van der Waals surface area contributed by atoms with Crippen molar-refractivity contribution in [3.05, 3.63) is 11.8 Å². The van der Waals surface area contributed by atoms with Crippen LogP contribution in [0, 0.1) is 12.8 Å². The number of hydrogen-bond acceptors (Lipinski definition) is 4. The lowest BCUT2D eigenvalue weighted by Crippen LogP contribution is -2.20. The first-order valence-corrected chi connectivity index (χ1v) is 4.72. The predicted molar refractivity (Wildman–Crippen MR) is 50.2 cm³/mol. The lowest BCUT2D eigenvalue weighted by Gasteiger charge is -2.07. The molecule has 0 fully saturated rings. The van der Waals surface area contributed by atoms with Gasteiger partial charge in [0.1, 0.15) is 0 Å². The van der Waals surface area contributed by atoms with E-state index < -0.39 is 0 Å². The number of aromatic nitrogens is 2. The maximum Gasteiger partial charge on any atom is 0.230 e. The topological polar surface area (TPSA) is 51.0 Å². The molecule has 0 radical (unpaired) electrons. The molecule has 0 aliphatic heterocycles. The van der Waals surface area contributed by atoms with Crippen LogP contribution in [0.2, 0.25) is 0 Å². The van der Waals surface area contributed by atoms with Crippen LogP contribution in [-0.4, -0.2) is 16.7 Å². The van der Waals surface area contributed by atoms with Crippen molar-refractivity contribution in [1.29, 1.82) is 0 Å². The molecule has 1 rings (SSSR count). The summed E-state index contributed by atoms with van der Waals surface area (Å²) in [6.45, 7) is 7.86. The van der Waals surface area contributed by atoms with E-state index in [9.17, 15) is 0 Å². The largest absolute Gasteiger partial charge is 0.424 e. The molecule has 0 amide bonds. The maximum atomic E-state index is 5.21. The average molecular weight is 183 g/mol. The molecule has 0 aliphatic rings. The van der Waals surface area contributed by atoms with Crippen LogP contribution in [0.25, 0.3) is 0 Å². The summed E-state index contributed by atoms with van der Waals surface area (Å²) in [5.41, 5.74) is 0. The molecular weight excluding hydrogens is 166 g/mol. The summed E-state index contributed by atoms with van der Waals surface area (Å²) in [6, 6.07) is 0. The van der Waals surface area contributed by atoms with E-state index in [2.05, 4.69) is 29.4 Å². The van der Waals surface area contributed by atoms with E-state index in [0.717, 1.165) is 6.54 Å². The summed E-state index contributed by atoms with van der Waals surface area (Å²) in [5, 5.41) is 10.9. The first-order chi connectivity index (χ1) is 6.22. The molecule has 0 aliphatic carbocycles. The van der Waals surface area contributed by atoms with Gasteiger partial charge in [-0.3, -0.25) is 0 Å². The van der Waals surface area contributed by atoms with Crippen molar-refractivity contribution in [3.63, 3.8) is 0 Å². The van der Waals surface area contributed by atoms with E-state index in [0.29, 0.717) is 24.2 Å². The van der Waals surface area contributed by atoms with Crippen LogP contribution in [0.5, 0.6) is 0 Å². The summed E-state index contributed by atoms with van der Waals surface area (Å²) in [4.78, 5) is 0.